The lowest BCUT2D eigenvalue weighted by Gasteiger charge is -2.17. The quantitative estimate of drug-likeness (QED) is 0.610. The van der Waals surface area contributed by atoms with E-state index in [1.165, 1.54) is 6.07 Å². The van der Waals surface area contributed by atoms with Crippen LogP contribution in [0.15, 0.2) is 18.2 Å². The van der Waals surface area contributed by atoms with Crippen molar-refractivity contribution in [3.63, 3.8) is 0 Å². The van der Waals surface area contributed by atoms with Crippen LogP contribution < -0.4 is 5.32 Å². The predicted octanol–water partition coefficient (Wildman–Crippen LogP) is 2.81. The Labute approximate surface area is 111 Å². The van der Waals surface area contributed by atoms with E-state index in [1.54, 1.807) is 19.1 Å². The Morgan fingerprint density at radius 3 is 2.58 bits per heavy atom. The van der Waals surface area contributed by atoms with Gasteiger partial charge >= 0.3 is 5.97 Å². The van der Waals surface area contributed by atoms with E-state index in [9.17, 15) is 14.9 Å². The molecule has 1 aromatic rings. The van der Waals surface area contributed by atoms with E-state index in [4.69, 9.17) is 5.11 Å². The number of hydrogen-bond acceptors (Lipinski definition) is 4. The number of nitro groups is 1. The summed E-state index contributed by atoms with van der Waals surface area (Å²) in [4.78, 5) is 21.6. The molecule has 2 N–H and O–H groups in total. The van der Waals surface area contributed by atoms with E-state index in [2.05, 4.69) is 5.32 Å². The largest absolute Gasteiger partial charge is 0.480 e. The molecule has 1 aromatic carbocycles. The lowest BCUT2D eigenvalue weighted by Crippen LogP contribution is -2.31. The number of nitrogens with one attached hydrogen (secondary N) is 1. The molecule has 0 saturated heterocycles. The highest BCUT2D eigenvalue weighted by atomic mass is 16.6. The summed E-state index contributed by atoms with van der Waals surface area (Å²) in [6, 6.07) is 3.85. The van der Waals surface area contributed by atoms with Crippen molar-refractivity contribution < 1.29 is 14.8 Å². The summed E-state index contributed by atoms with van der Waals surface area (Å²) in [5, 5.41) is 22.8. The second kappa shape index (κ2) is 6.17. The molecule has 0 fully saturated rings. The molecular formula is C13H18N2O4. The number of nitro benzene ring substituents is 1. The normalized spacial score (nSPS) is 12.2. The number of nitrogens with zero attached hydrogens (tertiary/aromatic N) is 1. The molecule has 0 saturated carbocycles. The van der Waals surface area contributed by atoms with Crippen molar-refractivity contribution in [2.75, 3.05) is 5.32 Å². The highest BCUT2D eigenvalue weighted by molar-refractivity contribution is 5.79. The molecule has 6 heteroatoms. The molecule has 0 heterocycles. The second-order valence-corrected chi connectivity index (χ2v) is 4.94. The lowest BCUT2D eigenvalue weighted by molar-refractivity contribution is -0.384. The minimum absolute atomic E-state index is 0.102. The molecular weight excluding hydrogens is 248 g/mol. The van der Waals surface area contributed by atoms with E-state index in [0.29, 0.717) is 6.42 Å². The van der Waals surface area contributed by atoms with Gasteiger partial charge in [0.1, 0.15) is 11.7 Å². The summed E-state index contributed by atoms with van der Waals surface area (Å²) in [5.41, 5.74) is 0.895. The molecule has 0 aliphatic rings. The zero-order valence-corrected chi connectivity index (χ0v) is 11.2. The van der Waals surface area contributed by atoms with Gasteiger partial charge in [-0.2, -0.15) is 0 Å². The van der Waals surface area contributed by atoms with Gasteiger partial charge in [0.05, 0.1) is 4.92 Å². The molecule has 104 valence electrons. The first-order chi connectivity index (χ1) is 8.81. The van der Waals surface area contributed by atoms with Gasteiger partial charge in [-0.25, -0.2) is 4.79 Å². The molecule has 0 spiro atoms. The lowest BCUT2D eigenvalue weighted by atomic mass is 10.0. The van der Waals surface area contributed by atoms with Gasteiger partial charge in [-0.1, -0.05) is 19.9 Å². The standard InChI is InChI=1S/C13H18N2O4/c1-8(2)6-11(13(16)17)14-10-5-4-9(3)7-12(10)15(18)19/h4-5,7-8,11,14H,6H2,1-3H3,(H,16,17)/t11-/m0/s1. The molecule has 0 aliphatic carbocycles. The molecule has 0 unspecified atom stereocenters. The van der Waals surface area contributed by atoms with Crippen molar-refractivity contribution in [2.45, 2.75) is 33.2 Å². The maximum Gasteiger partial charge on any atom is 0.326 e. The molecule has 1 rings (SSSR count). The first-order valence-corrected chi connectivity index (χ1v) is 6.05. The molecule has 0 aliphatic heterocycles. The van der Waals surface area contributed by atoms with Crippen LogP contribution in [0.3, 0.4) is 0 Å². The average molecular weight is 266 g/mol. The van der Waals surface area contributed by atoms with Gasteiger partial charge < -0.3 is 10.4 Å². The van der Waals surface area contributed by atoms with Crippen LogP contribution in [0.4, 0.5) is 11.4 Å². The zero-order chi connectivity index (χ0) is 14.6. The number of aryl methyl sites for hydroxylation is 1. The maximum absolute atomic E-state index is 11.2. The van der Waals surface area contributed by atoms with Gasteiger partial charge in [0.2, 0.25) is 0 Å². The Bertz CT molecular complexity index is 486. The van der Waals surface area contributed by atoms with Gasteiger partial charge in [0, 0.05) is 6.07 Å². The van der Waals surface area contributed by atoms with E-state index < -0.39 is 16.9 Å². The Morgan fingerprint density at radius 1 is 1.47 bits per heavy atom. The van der Waals surface area contributed by atoms with Crippen LogP contribution in [0.2, 0.25) is 0 Å². The van der Waals surface area contributed by atoms with E-state index in [-0.39, 0.29) is 17.3 Å². The summed E-state index contributed by atoms with van der Waals surface area (Å²) < 4.78 is 0. The first-order valence-electron chi connectivity index (χ1n) is 6.05. The number of carbonyl (C=O) groups is 1. The fourth-order valence-electron chi connectivity index (χ4n) is 1.80. The third-order valence-corrected chi connectivity index (χ3v) is 2.68. The second-order valence-electron chi connectivity index (χ2n) is 4.94. The first kappa shape index (κ1) is 14.9. The maximum atomic E-state index is 11.2. The highest BCUT2D eigenvalue weighted by Gasteiger charge is 2.22. The highest BCUT2D eigenvalue weighted by Crippen LogP contribution is 2.26. The number of carboxylic acids is 1. The van der Waals surface area contributed by atoms with Crippen LogP contribution in [0.5, 0.6) is 0 Å². The summed E-state index contributed by atoms with van der Waals surface area (Å²) in [5.74, 6) is -0.832. The Hall–Kier alpha value is -2.11. The Morgan fingerprint density at radius 2 is 2.11 bits per heavy atom. The third kappa shape index (κ3) is 4.24. The van der Waals surface area contributed by atoms with E-state index in [1.807, 2.05) is 13.8 Å². The van der Waals surface area contributed by atoms with Crippen LogP contribution in [-0.2, 0) is 4.79 Å². The summed E-state index contributed by atoms with van der Waals surface area (Å²) >= 11 is 0. The van der Waals surface area contributed by atoms with Crippen molar-refractivity contribution >= 4 is 17.3 Å². The number of anilines is 1. The third-order valence-electron chi connectivity index (χ3n) is 2.68. The van der Waals surface area contributed by atoms with Gasteiger partial charge in [-0.15, -0.1) is 0 Å². The molecule has 0 amide bonds. The number of rotatable bonds is 6. The van der Waals surface area contributed by atoms with E-state index >= 15 is 0 Å². The van der Waals surface area contributed by atoms with Crippen molar-refractivity contribution in [3.8, 4) is 0 Å². The van der Waals surface area contributed by atoms with Crippen LogP contribution in [0.25, 0.3) is 0 Å². The van der Waals surface area contributed by atoms with Gasteiger partial charge in [-0.05, 0) is 30.9 Å². The molecule has 0 bridgehead atoms. The smallest absolute Gasteiger partial charge is 0.326 e. The van der Waals surface area contributed by atoms with E-state index in [0.717, 1.165) is 5.56 Å². The summed E-state index contributed by atoms with van der Waals surface area (Å²) in [6.07, 6.45) is 0.403. The van der Waals surface area contributed by atoms with Crippen LogP contribution >= 0.6 is 0 Å². The predicted molar refractivity (Wildman–Crippen MR) is 72.3 cm³/mol. The van der Waals surface area contributed by atoms with Gasteiger partial charge in [-0.3, -0.25) is 10.1 Å². The molecule has 0 aromatic heterocycles. The number of benzene rings is 1. The van der Waals surface area contributed by atoms with Crippen LogP contribution in [-0.4, -0.2) is 22.0 Å². The average Bonchev–Trinajstić information content (AvgIpc) is 2.29. The SMILES string of the molecule is Cc1ccc(N[C@@H](CC(C)C)C(=O)O)c([N+](=O)[O-])c1. The monoisotopic (exact) mass is 266 g/mol. The number of aliphatic carboxylic acids is 1. The van der Waals surface area contributed by atoms with Crippen molar-refractivity contribution in [1.82, 2.24) is 0 Å². The Balaban J connectivity index is 3.02. The fraction of sp³-hybridized carbons (Fsp3) is 0.462. The van der Waals surface area contributed by atoms with Crippen LogP contribution in [0.1, 0.15) is 25.8 Å². The summed E-state index contributed by atoms with van der Waals surface area (Å²) in [7, 11) is 0. The van der Waals surface area contributed by atoms with Crippen LogP contribution in [0, 0.1) is 23.0 Å². The van der Waals surface area contributed by atoms with Gasteiger partial charge in [0.25, 0.3) is 5.69 Å². The van der Waals surface area contributed by atoms with Gasteiger partial charge in [0.15, 0.2) is 0 Å². The zero-order valence-electron chi connectivity index (χ0n) is 11.2. The molecule has 6 nitrogen and oxygen atoms in total. The molecule has 1 atom stereocenters. The minimum atomic E-state index is -1.01. The van der Waals surface area contributed by atoms with Crippen molar-refractivity contribution in [2.24, 2.45) is 5.92 Å². The molecule has 0 radical (unpaired) electrons. The molecule has 19 heavy (non-hydrogen) atoms. The van der Waals surface area contributed by atoms with Crippen molar-refractivity contribution in [3.05, 3.63) is 33.9 Å². The number of hydrogen-bond donors (Lipinski definition) is 2. The minimum Gasteiger partial charge on any atom is -0.480 e. The number of carboxylic acid groups (broad SMARTS) is 1. The topological polar surface area (TPSA) is 92.5 Å². The summed E-state index contributed by atoms with van der Waals surface area (Å²) in [6.45, 7) is 5.56. The van der Waals surface area contributed by atoms with Crippen molar-refractivity contribution in [1.29, 1.82) is 0 Å². The fourth-order valence-corrected chi connectivity index (χ4v) is 1.80. The Kier molecular flexibility index (Phi) is 4.86.